The average molecular weight is 458 g/mol. The summed E-state index contributed by atoms with van der Waals surface area (Å²) in [6.07, 6.45) is -2.19. The predicted octanol–water partition coefficient (Wildman–Crippen LogP) is 7.60. The van der Waals surface area contributed by atoms with E-state index < -0.39 is 23.8 Å². The normalized spacial score (nSPS) is 23.8. The van der Waals surface area contributed by atoms with Gasteiger partial charge in [0.15, 0.2) is 0 Å². The van der Waals surface area contributed by atoms with Crippen LogP contribution in [0.1, 0.15) is 45.6 Å². The van der Waals surface area contributed by atoms with Crippen LogP contribution in [0.4, 0.5) is 13.2 Å². The molecule has 3 atom stereocenters. The van der Waals surface area contributed by atoms with Crippen molar-refractivity contribution in [3.63, 3.8) is 0 Å². The van der Waals surface area contributed by atoms with Gasteiger partial charge in [0.05, 0.1) is 20.6 Å². The lowest BCUT2D eigenvalue weighted by Crippen LogP contribution is -2.35. The molecule has 0 N–H and O–H groups in total. The van der Waals surface area contributed by atoms with Crippen LogP contribution < -0.4 is 0 Å². The number of carbonyl (C=O) groups excluding carboxylic acids is 1. The molecule has 0 unspecified atom stereocenters. The van der Waals surface area contributed by atoms with Crippen molar-refractivity contribution in [1.29, 1.82) is 0 Å². The maximum atomic E-state index is 13.6. The summed E-state index contributed by atoms with van der Waals surface area (Å²) in [5.74, 6) is -0.278. The number of benzene rings is 1. The molecule has 1 saturated carbocycles. The molecule has 28 heavy (non-hydrogen) atoms. The topological polar surface area (TPSA) is 26.3 Å². The first-order valence-electron chi connectivity index (χ1n) is 9.04. The van der Waals surface area contributed by atoms with Gasteiger partial charge in [-0.15, -0.1) is 0 Å². The molecule has 1 aliphatic rings. The number of alkyl halides is 3. The quantitative estimate of drug-likeness (QED) is 0.264. The molecule has 0 aromatic heterocycles. The second kappa shape index (κ2) is 9.27. The van der Waals surface area contributed by atoms with E-state index in [0.717, 1.165) is 25.0 Å². The number of ether oxygens (including phenoxy) is 1. The lowest BCUT2D eigenvalue weighted by atomic mass is 9.75. The highest BCUT2D eigenvalue weighted by Gasteiger charge is 2.37. The molecule has 0 bridgehead atoms. The van der Waals surface area contributed by atoms with Crippen molar-refractivity contribution < 1.29 is 22.7 Å². The average Bonchev–Trinajstić information content (AvgIpc) is 2.56. The Bertz CT molecular complexity index is 737. The molecule has 0 spiro atoms. The highest BCUT2D eigenvalue weighted by Crippen LogP contribution is 2.40. The zero-order valence-electron chi connectivity index (χ0n) is 15.7. The lowest BCUT2D eigenvalue weighted by Gasteiger charge is -2.36. The summed E-state index contributed by atoms with van der Waals surface area (Å²) in [5, 5.41) is -0.311. The van der Waals surface area contributed by atoms with Gasteiger partial charge in [-0.2, -0.15) is 13.2 Å². The molecule has 1 aliphatic carbocycles. The van der Waals surface area contributed by atoms with Crippen LogP contribution in [0.15, 0.2) is 18.2 Å². The molecular formula is C20H22Cl3F3O2. The number of hydrogen-bond acceptors (Lipinski definition) is 2. The van der Waals surface area contributed by atoms with Gasteiger partial charge in [-0.25, -0.2) is 4.79 Å². The Balaban J connectivity index is 2.33. The molecule has 2 rings (SSSR count). The molecular weight excluding hydrogens is 436 g/mol. The molecule has 0 heterocycles. The van der Waals surface area contributed by atoms with Crippen LogP contribution in [0.25, 0.3) is 5.57 Å². The highest BCUT2D eigenvalue weighted by atomic mass is 35.5. The van der Waals surface area contributed by atoms with Crippen molar-refractivity contribution in [2.45, 2.75) is 52.3 Å². The fourth-order valence-electron chi connectivity index (χ4n) is 3.59. The summed E-state index contributed by atoms with van der Waals surface area (Å²) in [7, 11) is 0. The summed E-state index contributed by atoms with van der Waals surface area (Å²) in [5.41, 5.74) is -1.52. The van der Waals surface area contributed by atoms with Crippen molar-refractivity contribution >= 4 is 46.3 Å². The Hall–Kier alpha value is -0.910. The van der Waals surface area contributed by atoms with Crippen LogP contribution in [0.3, 0.4) is 0 Å². The van der Waals surface area contributed by atoms with Crippen molar-refractivity contribution in [3.05, 3.63) is 38.8 Å². The van der Waals surface area contributed by atoms with Crippen LogP contribution >= 0.6 is 34.8 Å². The molecule has 1 aromatic rings. The van der Waals surface area contributed by atoms with E-state index in [1.165, 1.54) is 0 Å². The van der Waals surface area contributed by atoms with Gasteiger partial charge in [0, 0.05) is 6.08 Å². The SMILES string of the molecule is CC(C)[C@@H]1CC[C@@H](C)C[C@H]1OC(=O)C=C(c1cc(Cl)c(Cl)c(Cl)c1)C(F)(F)F. The van der Waals surface area contributed by atoms with Gasteiger partial charge in [-0.3, -0.25) is 0 Å². The molecule has 0 aliphatic heterocycles. The van der Waals surface area contributed by atoms with E-state index in [2.05, 4.69) is 0 Å². The molecule has 0 saturated heterocycles. The van der Waals surface area contributed by atoms with Gasteiger partial charge in [0.25, 0.3) is 0 Å². The van der Waals surface area contributed by atoms with Gasteiger partial charge in [0.2, 0.25) is 0 Å². The highest BCUT2D eigenvalue weighted by molar-refractivity contribution is 6.48. The molecule has 2 nitrogen and oxygen atoms in total. The second-order valence-electron chi connectivity index (χ2n) is 7.61. The third kappa shape index (κ3) is 5.80. The zero-order chi connectivity index (χ0) is 21.2. The Morgan fingerprint density at radius 2 is 1.75 bits per heavy atom. The minimum Gasteiger partial charge on any atom is -0.459 e. The van der Waals surface area contributed by atoms with Gasteiger partial charge in [-0.05, 0) is 48.3 Å². The van der Waals surface area contributed by atoms with Crippen LogP contribution in [-0.4, -0.2) is 18.2 Å². The van der Waals surface area contributed by atoms with E-state index in [-0.39, 0.29) is 32.5 Å². The maximum Gasteiger partial charge on any atom is 0.417 e. The van der Waals surface area contributed by atoms with E-state index in [1.54, 1.807) is 0 Å². The molecule has 0 amide bonds. The van der Waals surface area contributed by atoms with Crippen molar-refractivity contribution in [1.82, 2.24) is 0 Å². The first kappa shape index (κ1) is 23.4. The summed E-state index contributed by atoms with van der Waals surface area (Å²) in [4.78, 5) is 12.4. The minimum atomic E-state index is -4.79. The zero-order valence-corrected chi connectivity index (χ0v) is 18.0. The third-order valence-corrected chi connectivity index (χ3v) is 6.29. The van der Waals surface area contributed by atoms with Gasteiger partial charge < -0.3 is 4.74 Å². The molecule has 1 fully saturated rings. The van der Waals surface area contributed by atoms with Crippen molar-refractivity contribution in [2.24, 2.45) is 17.8 Å². The maximum absolute atomic E-state index is 13.6. The number of esters is 1. The van der Waals surface area contributed by atoms with E-state index in [9.17, 15) is 18.0 Å². The van der Waals surface area contributed by atoms with E-state index in [0.29, 0.717) is 18.4 Å². The van der Waals surface area contributed by atoms with Crippen molar-refractivity contribution in [2.75, 3.05) is 0 Å². The molecule has 156 valence electrons. The van der Waals surface area contributed by atoms with Crippen LogP contribution in [0.5, 0.6) is 0 Å². The summed E-state index contributed by atoms with van der Waals surface area (Å²) in [6.45, 7) is 6.10. The number of halogens is 6. The number of rotatable bonds is 4. The van der Waals surface area contributed by atoms with Gasteiger partial charge in [0.1, 0.15) is 6.10 Å². The van der Waals surface area contributed by atoms with E-state index in [4.69, 9.17) is 39.5 Å². The summed E-state index contributed by atoms with van der Waals surface area (Å²) < 4.78 is 46.2. The van der Waals surface area contributed by atoms with Crippen molar-refractivity contribution in [3.8, 4) is 0 Å². The first-order valence-corrected chi connectivity index (χ1v) is 10.2. The number of allylic oxidation sites excluding steroid dienone is 1. The predicted molar refractivity (Wildman–Crippen MR) is 107 cm³/mol. The van der Waals surface area contributed by atoms with Gasteiger partial charge in [-0.1, -0.05) is 62.0 Å². The summed E-state index contributed by atoms with van der Waals surface area (Å²) in [6, 6.07) is 2.06. The lowest BCUT2D eigenvalue weighted by molar-refractivity contribution is -0.150. The smallest absolute Gasteiger partial charge is 0.417 e. The second-order valence-corrected chi connectivity index (χ2v) is 8.80. The minimum absolute atomic E-state index is 0.0489. The van der Waals surface area contributed by atoms with Gasteiger partial charge >= 0.3 is 12.1 Å². The Morgan fingerprint density at radius 3 is 2.25 bits per heavy atom. The molecule has 0 radical (unpaired) electrons. The largest absolute Gasteiger partial charge is 0.459 e. The standard InChI is InChI=1S/C20H22Cl3F3O2/c1-10(2)13-5-4-11(3)6-17(13)28-18(27)9-14(20(24,25)26)12-7-15(21)19(23)16(22)8-12/h7-11,13,17H,4-6H2,1-3H3/t11-,13+,17-/m1/s1. The van der Waals surface area contributed by atoms with E-state index >= 15 is 0 Å². The summed E-state index contributed by atoms with van der Waals surface area (Å²) >= 11 is 17.5. The fraction of sp³-hybridized carbons (Fsp3) is 0.550. The first-order chi connectivity index (χ1) is 12.9. The van der Waals surface area contributed by atoms with E-state index in [1.807, 2.05) is 20.8 Å². The van der Waals surface area contributed by atoms with Crippen LogP contribution in [0.2, 0.25) is 15.1 Å². The number of carbonyl (C=O) groups is 1. The fourth-order valence-corrected chi connectivity index (χ4v) is 4.19. The third-order valence-electron chi connectivity index (χ3n) is 5.09. The number of hydrogen-bond donors (Lipinski definition) is 0. The van der Waals surface area contributed by atoms with Crippen LogP contribution in [-0.2, 0) is 9.53 Å². The van der Waals surface area contributed by atoms with Crippen LogP contribution in [0, 0.1) is 17.8 Å². The Morgan fingerprint density at radius 1 is 1.18 bits per heavy atom. The monoisotopic (exact) mass is 456 g/mol. The Kier molecular flexibility index (Phi) is 7.74. The Labute approximate surface area is 178 Å². The molecule has 1 aromatic carbocycles. The molecule has 8 heteroatoms.